The van der Waals surface area contributed by atoms with Crippen molar-refractivity contribution in [2.45, 2.75) is 49.6 Å². The Morgan fingerprint density at radius 3 is 2.59 bits per heavy atom. The highest BCUT2D eigenvalue weighted by molar-refractivity contribution is 7.99. The van der Waals surface area contributed by atoms with Gasteiger partial charge in [0.05, 0.1) is 5.69 Å². The van der Waals surface area contributed by atoms with Gasteiger partial charge in [0.1, 0.15) is 0 Å². The fourth-order valence-corrected chi connectivity index (χ4v) is 5.20. The largest absolute Gasteiger partial charge is 0.352 e. The number of hydrogen-bond donors (Lipinski definition) is 1. The average molecular weight is 492 g/mol. The summed E-state index contributed by atoms with van der Waals surface area (Å²) in [4.78, 5) is 22.2. The van der Waals surface area contributed by atoms with Crippen molar-refractivity contribution in [1.82, 2.24) is 10.2 Å². The second kappa shape index (κ2) is 11.2. The van der Waals surface area contributed by atoms with Crippen molar-refractivity contribution in [2.24, 2.45) is 4.99 Å². The fourth-order valence-electron chi connectivity index (χ4n) is 3.99. The van der Waals surface area contributed by atoms with Gasteiger partial charge in [0.2, 0.25) is 0 Å². The first kappa shape index (κ1) is 24.5. The lowest BCUT2D eigenvalue weighted by Gasteiger charge is -2.26. The van der Waals surface area contributed by atoms with Crippen LogP contribution in [0, 0.1) is 0 Å². The number of fused-ring (bicyclic) bond motifs is 2. The van der Waals surface area contributed by atoms with Crippen LogP contribution in [0.4, 0.5) is 5.69 Å². The van der Waals surface area contributed by atoms with E-state index in [1.807, 2.05) is 49.4 Å². The molecule has 4 nitrogen and oxygen atoms in total. The van der Waals surface area contributed by atoms with Gasteiger partial charge in [-0.25, -0.2) is 0 Å². The summed E-state index contributed by atoms with van der Waals surface area (Å²) in [6.07, 6.45) is 0.894. The molecule has 6 heteroatoms. The molecule has 0 aromatic heterocycles. The topological polar surface area (TPSA) is 44.7 Å². The second-order valence-corrected chi connectivity index (χ2v) is 10.3. The molecule has 176 valence electrons. The summed E-state index contributed by atoms with van der Waals surface area (Å²) >= 11 is 7.84. The molecule has 0 saturated heterocycles. The first-order chi connectivity index (χ1) is 16.4. The molecule has 0 radical (unpaired) electrons. The molecule has 0 unspecified atom stereocenters. The van der Waals surface area contributed by atoms with Crippen LogP contribution in [-0.4, -0.2) is 35.7 Å². The van der Waals surface area contributed by atoms with Crippen LogP contribution in [-0.2, 0) is 6.54 Å². The summed E-state index contributed by atoms with van der Waals surface area (Å²) in [5, 5.41) is 3.77. The Kier molecular flexibility index (Phi) is 8.09. The average Bonchev–Trinajstić information content (AvgIpc) is 2.96. The molecule has 1 heterocycles. The Hall–Kier alpha value is -2.60. The number of rotatable bonds is 8. The van der Waals surface area contributed by atoms with Crippen molar-refractivity contribution in [2.75, 3.05) is 13.1 Å². The van der Waals surface area contributed by atoms with Crippen LogP contribution in [0.25, 0.3) is 0 Å². The van der Waals surface area contributed by atoms with Gasteiger partial charge in [0.15, 0.2) is 0 Å². The standard InChI is InChI=1S/C28H30ClN3OS/c1-19(2)32(18-21-8-5-4-6-9-21)15-7-14-30-28(33)22-10-12-27-25(16-22)31-20(3)24-17-23(29)11-13-26(24)34-27/h4-6,8-13,16-17,19H,7,14-15,18H2,1-3H3,(H,30,33). The third kappa shape index (κ3) is 6.09. The van der Waals surface area contributed by atoms with Crippen LogP contribution in [0.3, 0.4) is 0 Å². The highest BCUT2D eigenvalue weighted by Gasteiger charge is 2.17. The molecule has 0 bridgehead atoms. The van der Waals surface area contributed by atoms with Gasteiger partial charge in [-0.3, -0.25) is 14.7 Å². The highest BCUT2D eigenvalue weighted by atomic mass is 35.5. The van der Waals surface area contributed by atoms with Crippen molar-refractivity contribution in [1.29, 1.82) is 0 Å². The van der Waals surface area contributed by atoms with Crippen LogP contribution in [0.2, 0.25) is 5.02 Å². The van der Waals surface area contributed by atoms with E-state index in [0.29, 0.717) is 23.2 Å². The Bertz CT molecular complexity index is 1190. The maximum atomic E-state index is 12.8. The number of halogens is 1. The lowest BCUT2D eigenvalue weighted by Crippen LogP contribution is -2.34. The molecular formula is C28H30ClN3OS. The Balaban J connectivity index is 1.36. The highest BCUT2D eigenvalue weighted by Crippen LogP contribution is 2.41. The van der Waals surface area contributed by atoms with Crippen molar-refractivity contribution >= 4 is 40.7 Å². The maximum Gasteiger partial charge on any atom is 0.251 e. The molecule has 3 aromatic carbocycles. The molecule has 0 atom stereocenters. The zero-order valence-electron chi connectivity index (χ0n) is 19.8. The molecule has 0 fully saturated rings. The summed E-state index contributed by atoms with van der Waals surface area (Å²) in [5.41, 5.74) is 4.68. The lowest BCUT2D eigenvalue weighted by molar-refractivity contribution is 0.0950. The third-order valence-corrected chi connectivity index (χ3v) is 7.30. The predicted octanol–water partition coefficient (Wildman–Crippen LogP) is 6.98. The minimum Gasteiger partial charge on any atom is -0.352 e. The Morgan fingerprint density at radius 2 is 1.82 bits per heavy atom. The molecule has 0 spiro atoms. The molecule has 4 rings (SSSR count). The fraction of sp³-hybridized carbons (Fsp3) is 0.286. The quantitative estimate of drug-likeness (QED) is 0.346. The normalized spacial score (nSPS) is 12.7. The monoisotopic (exact) mass is 491 g/mol. The third-order valence-electron chi connectivity index (χ3n) is 5.93. The van der Waals surface area contributed by atoms with E-state index in [9.17, 15) is 4.79 Å². The molecule has 1 aliphatic heterocycles. The van der Waals surface area contributed by atoms with Gasteiger partial charge in [0, 0.05) is 57.3 Å². The molecule has 0 saturated carbocycles. The summed E-state index contributed by atoms with van der Waals surface area (Å²) in [6, 6.07) is 22.6. The number of aliphatic imine (C=N–C) groups is 1. The Morgan fingerprint density at radius 1 is 1.06 bits per heavy atom. The molecule has 1 amide bonds. The number of amides is 1. The van der Waals surface area contributed by atoms with Crippen LogP contribution >= 0.6 is 23.4 Å². The van der Waals surface area contributed by atoms with Gasteiger partial charge in [-0.1, -0.05) is 53.7 Å². The van der Waals surface area contributed by atoms with Crippen LogP contribution in [0.5, 0.6) is 0 Å². The van der Waals surface area contributed by atoms with E-state index in [0.717, 1.165) is 46.3 Å². The summed E-state index contributed by atoms with van der Waals surface area (Å²) in [7, 11) is 0. The van der Waals surface area contributed by atoms with Crippen molar-refractivity contribution in [3.63, 3.8) is 0 Å². The predicted molar refractivity (Wildman–Crippen MR) is 143 cm³/mol. The van der Waals surface area contributed by atoms with Gasteiger partial charge in [-0.15, -0.1) is 0 Å². The van der Waals surface area contributed by atoms with Crippen molar-refractivity contribution < 1.29 is 4.79 Å². The minimum atomic E-state index is -0.0652. The maximum absolute atomic E-state index is 12.8. The second-order valence-electron chi connectivity index (χ2n) is 8.78. The first-order valence-corrected chi connectivity index (χ1v) is 12.8. The zero-order valence-corrected chi connectivity index (χ0v) is 21.4. The van der Waals surface area contributed by atoms with E-state index in [4.69, 9.17) is 16.6 Å². The van der Waals surface area contributed by atoms with Crippen LogP contribution in [0.15, 0.2) is 81.5 Å². The number of nitrogens with zero attached hydrogens (tertiary/aromatic N) is 2. The van der Waals surface area contributed by atoms with E-state index in [2.05, 4.69) is 48.3 Å². The van der Waals surface area contributed by atoms with Gasteiger partial charge in [-0.2, -0.15) is 0 Å². The number of carbonyl (C=O) groups excluding carboxylic acids is 1. The number of hydrogen-bond acceptors (Lipinski definition) is 4. The van der Waals surface area contributed by atoms with E-state index >= 15 is 0 Å². The van der Waals surface area contributed by atoms with Crippen molar-refractivity contribution in [3.8, 4) is 0 Å². The van der Waals surface area contributed by atoms with Gasteiger partial charge < -0.3 is 5.32 Å². The summed E-state index contributed by atoms with van der Waals surface area (Å²) in [6.45, 7) is 8.88. The molecule has 0 aliphatic carbocycles. The molecular weight excluding hydrogens is 462 g/mol. The number of carbonyl (C=O) groups is 1. The number of nitrogens with one attached hydrogen (secondary N) is 1. The number of benzene rings is 3. The summed E-state index contributed by atoms with van der Waals surface area (Å²) in [5.74, 6) is -0.0652. The molecule has 1 aliphatic rings. The van der Waals surface area contributed by atoms with E-state index < -0.39 is 0 Å². The van der Waals surface area contributed by atoms with Gasteiger partial charge in [-0.05, 0) is 69.2 Å². The van der Waals surface area contributed by atoms with Crippen LogP contribution in [0.1, 0.15) is 48.7 Å². The lowest BCUT2D eigenvalue weighted by atomic mass is 10.1. The molecule has 34 heavy (non-hydrogen) atoms. The van der Waals surface area contributed by atoms with E-state index in [1.165, 1.54) is 5.56 Å². The van der Waals surface area contributed by atoms with E-state index in [1.54, 1.807) is 11.8 Å². The SMILES string of the molecule is CC1=Nc2cc(C(=O)NCCCN(Cc3ccccc3)C(C)C)ccc2Sc2ccc(Cl)cc21. The molecule has 1 N–H and O–H groups in total. The minimum absolute atomic E-state index is 0.0652. The first-order valence-electron chi connectivity index (χ1n) is 11.6. The van der Waals surface area contributed by atoms with Crippen molar-refractivity contribution in [3.05, 3.63) is 88.4 Å². The zero-order chi connectivity index (χ0) is 24.1. The van der Waals surface area contributed by atoms with Gasteiger partial charge in [0.25, 0.3) is 5.91 Å². The van der Waals surface area contributed by atoms with Gasteiger partial charge >= 0.3 is 0 Å². The Labute approximate surface area is 211 Å². The van der Waals surface area contributed by atoms with E-state index in [-0.39, 0.29) is 5.91 Å². The molecule has 3 aromatic rings. The summed E-state index contributed by atoms with van der Waals surface area (Å²) < 4.78 is 0. The van der Waals surface area contributed by atoms with Crippen LogP contribution < -0.4 is 5.32 Å². The smallest absolute Gasteiger partial charge is 0.251 e.